The van der Waals surface area contributed by atoms with Crippen molar-refractivity contribution in [2.45, 2.75) is 38.9 Å². The van der Waals surface area contributed by atoms with E-state index >= 15 is 0 Å². The third kappa shape index (κ3) is 6.16. The summed E-state index contributed by atoms with van der Waals surface area (Å²) in [5.74, 6) is 0.938. The number of nitrogens with one attached hydrogen (secondary N) is 1. The molecule has 0 saturated heterocycles. The van der Waals surface area contributed by atoms with Crippen LogP contribution in [0.2, 0.25) is 23.2 Å². The van der Waals surface area contributed by atoms with E-state index in [1.807, 2.05) is 24.3 Å². The van der Waals surface area contributed by atoms with Crippen molar-refractivity contribution >= 4 is 55.1 Å². The van der Waals surface area contributed by atoms with Gasteiger partial charge in [0.15, 0.2) is 0 Å². The van der Waals surface area contributed by atoms with Crippen molar-refractivity contribution in [3.63, 3.8) is 0 Å². The first-order chi connectivity index (χ1) is 16.6. The molecule has 0 aromatic heterocycles. The third-order valence-corrected chi connectivity index (χ3v) is 13.6. The second-order valence-electron chi connectivity index (χ2n) is 10.2. The molecular formula is C30H33ClNOPSi. The Kier molecular flexibility index (Phi) is 7.71. The quantitative estimate of drug-likeness (QED) is 0.197. The average Bonchev–Trinajstić information content (AvgIpc) is 2.83. The molecule has 180 valence electrons. The zero-order chi connectivity index (χ0) is 25.1. The van der Waals surface area contributed by atoms with Gasteiger partial charge in [0.05, 0.1) is 0 Å². The molecule has 0 aliphatic rings. The lowest BCUT2D eigenvalue weighted by Crippen LogP contribution is -2.44. The van der Waals surface area contributed by atoms with Crippen LogP contribution in [0.3, 0.4) is 0 Å². The molecular weight excluding hydrogens is 485 g/mol. The molecule has 4 aromatic carbocycles. The van der Waals surface area contributed by atoms with Gasteiger partial charge in [0.25, 0.3) is 0 Å². The maximum absolute atomic E-state index is 6.75. The van der Waals surface area contributed by atoms with Crippen molar-refractivity contribution in [1.29, 1.82) is 0 Å². The van der Waals surface area contributed by atoms with Gasteiger partial charge >= 0.3 is 0 Å². The molecule has 2 nitrogen and oxygen atoms in total. The molecule has 0 aliphatic heterocycles. The Morgan fingerprint density at radius 1 is 0.743 bits per heavy atom. The van der Waals surface area contributed by atoms with Gasteiger partial charge in [-0.3, -0.25) is 0 Å². The van der Waals surface area contributed by atoms with Gasteiger partial charge in [-0.15, -0.1) is 0 Å². The molecule has 0 aliphatic carbocycles. The van der Waals surface area contributed by atoms with Crippen LogP contribution in [0.25, 0.3) is 0 Å². The molecule has 0 unspecified atom stereocenters. The summed E-state index contributed by atoms with van der Waals surface area (Å²) >= 11 is 6.14. The minimum absolute atomic E-state index is 0.122. The van der Waals surface area contributed by atoms with E-state index in [-0.39, 0.29) is 5.04 Å². The number of halogens is 1. The minimum atomic E-state index is -1.99. The molecule has 35 heavy (non-hydrogen) atoms. The highest BCUT2D eigenvalue weighted by molar-refractivity contribution is 7.80. The molecule has 0 spiro atoms. The molecule has 0 saturated carbocycles. The lowest BCUT2D eigenvalue weighted by molar-refractivity contribution is 0.492. The van der Waals surface area contributed by atoms with Crippen molar-refractivity contribution in [2.75, 3.05) is 5.32 Å². The van der Waals surface area contributed by atoms with Gasteiger partial charge in [0, 0.05) is 21.7 Å². The molecule has 0 fully saturated rings. The highest BCUT2D eigenvalue weighted by Crippen LogP contribution is 2.41. The van der Waals surface area contributed by atoms with E-state index < -0.39 is 16.2 Å². The van der Waals surface area contributed by atoms with Crippen LogP contribution in [0.4, 0.5) is 11.4 Å². The smallest absolute Gasteiger partial charge is 0.250 e. The first kappa shape index (κ1) is 25.5. The number of anilines is 2. The topological polar surface area (TPSA) is 21.3 Å². The fraction of sp³-hybridized carbons (Fsp3) is 0.200. The largest absolute Gasteiger partial charge is 0.543 e. The summed E-state index contributed by atoms with van der Waals surface area (Å²) < 4.78 is 6.75. The summed E-state index contributed by atoms with van der Waals surface area (Å²) in [5.41, 5.74) is 2.08. The van der Waals surface area contributed by atoms with Gasteiger partial charge in [-0.1, -0.05) is 93.0 Å². The monoisotopic (exact) mass is 517 g/mol. The van der Waals surface area contributed by atoms with Crippen molar-refractivity contribution < 1.29 is 4.43 Å². The summed E-state index contributed by atoms with van der Waals surface area (Å²) in [7, 11) is -2.80. The third-order valence-electron chi connectivity index (χ3n) is 6.54. The van der Waals surface area contributed by atoms with Crippen molar-refractivity contribution in [3.8, 4) is 5.75 Å². The number of hydrogen-bond donors (Lipinski definition) is 1. The molecule has 0 heterocycles. The predicted octanol–water partition coefficient (Wildman–Crippen LogP) is 8.23. The number of rotatable bonds is 7. The lowest BCUT2D eigenvalue weighted by Gasteiger charge is -2.36. The van der Waals surface area contributed by atoms with Gasteiger partial charge in [-0.05, 0) is 79.1 Å². The van der Waals surface area contributed by atoms with E-state index in [0.29, 0.717) is 0 Å². The summed E-state index contributed by atoms with van der Waals surface area (Å²) in [6.45, 7) is 11.4. The SMILES string of the molecule is CC(C)(C)[Si](C)(C)Oc1ccc(Nc2ccc(Cl)cc2)c(P(c2ccccc2)c2ccccc2)c1. The zero-order valence-corrected chi connectivity index (χ0v) is 23.7. The first-order valence-corrected chi connectivity index (χ1v) is 16.5. The van der Waals surface area contributed by atoms with E-state index in [0.717, 1.165) is 22.1 Å². The van der Waals surface area contributed by atoms with Crippen molar-refractivity contribution in [3.05, 3.63) is 108 Å². The van der Waals surface area contributed by atoms with Crippen LogP contribution in [0.5, 0.6) is 5.75 Å². The van der Waals surface area contributed by atoms with Crippen LogP contribution >= 0.6 is 19.5 Å². The van der Waals surface area contributed by atoms with Crippen LogP contribution < -0.4 is 25.7 Å². The maximum Gasteiger partial charge on any atom is 0.250 e. The Morgan fingerprint density at radius 2 is 1.29 bits per heavy atom. The van der Waals surface area contributed by atoms with Crippen LogP contribution in [0.1, 0.15) is 20.8 Å². The van der Waals surface area contributed by atoms with Crippen LogP contribution in [-0.2, 0) is 0 Å². The number of benzene rings is 4. The van der Waals surface area contributed by atoms with Gasteiger partial charge < -0.3 is 9.74 Å². The lowest BCUT2D eigenvalue weighted by atomic mass is 10.2. The Labute approximate surface area is 217 Å². The molecule has 1 N–H and O–H groups in total. The van der Waals surface area contributed by atoms with E-state index in [1.54, 1.807) is 0 Å². The Balaban J connectivity index is 1.86. The summed E-state index contributed by atoms with van der Waals surface area (Å²) in [4.78, 5) is 0. The van der Waals surface area contributed by atoms with Crippen LogP contribution in [0.15, 0.2) is 103 Å². The van der Waals surface area contributed by atoms with Crippen LogP contribution in [0, 0.1) is 0 Å². The summed E-state index contributed by atoms with van der Waals surface area (Å²) in [6, 6.07) is 35.9. The summed E-state index contributed by atoms with van der Waals surface area (Å²) in [6.07, 6.45) is 0. The summed E-state index contributed by atoms with van der Waals surface area (Å²) in [5, 5.41) is 8.35. The van der Waals surface area contributed by atoms with Crippen molar-refractivity contribution in [1.82, 2.24) is 0 Å². The van der Waals surface area contributed by atoms with Crippen molar-refractivity contribution in [2.24, 2.45) is 0 Å². The van der Waals surface area contributed by atoms with E-state index in [1.165, 1.54) is 15.9 Å². The van der Waals surface area contributed by atoms with Gasteiger partial charge in [0.1, 0.15) is 5.75 Å². The normalized spacial score (nSPS) is 12.0. The van der Waals surface area contributed by atoms with Gasteiger partial charge in [-0.2, -0.15) is 0 Å². The minimum Gasteiger partial charge on any atom is -0.543 e. The molecule has 4 aromatic rings. The molecule has 4 rings (SSSR count). The first-order valence-electron chi connectivity index (χ1n) is 11.9. The molecule has 0 amide bonds. The second-order valence-corrected chi connectivity index (χ2v) is 17.5. The molecule has 0 atom stereocenters. The van der Waals surface area contributed by atoms with E-state index in [4.69, 9.17) is 16.0 Å². The molecule has 5 heteroatoms. The molecule has 0 radical (unpaired) electrons. The fourth-order valence-electron chi connectivity index (χ4n) is 3.58. The Morgan fingerprint density at radius 3 is 1.80 bits per heavy atom. The average molecular weight is 518 g/mol. The molecule has 0 bridgehead atoms. The highest BCUT2D eigenvalue weighted by atomic mass is 35.5. The zero-order valence-electron chi connectivity index (χ0n) is 21.0. The van der Waals surface area contributed by atoms with Crippen LogP contribution in [-0.4, -0.2) is 8.32 Å². The standard InChI is InChI=1S/C30H33ClNOPSi/c1-30(2,3)35(4,5)33-25-20-21-28(32-24-18-16-23(31)17-19-24)29(22-25)34(26-12-8-6-9-13-26)27-14-10-7-11-15-27/h6-22,32H,1-5H3. The predicted molar refractivity (Wildman–Crippen MR) is 158 cm³/mol. The Bertz CT molecular complexity index is 1220. The Hall–Kier alpha value is -2.58. The van der Waals surface area contributed by atoms with Gasteiger partial charge in [-0.25, -0.2) is 0 Å². The second kappa shape index (κ2) is 10.6. The fourth-order valence-corrected chi connectivity index (χ4v) is 7.15. The van der Waals surface area contributed by atoms with E-state index in [9.17, 15) is 0 Å². The highest BCUT2D eigenvalue weighted by Gasteiger charge is 2.39. The van der Waals surface area contributed by atoms with E-state index in [2.05, 4.69) is 118 Å². The van der Waals surface area contributed by atoms with Gasteiger partial charge in [0.2, 0.25) is 8.32 Å². The number of hydrogen-bond acceptors (Lipinski definition) is 2. The maximum atomic E-state index is 6.75.